The molecule has 0 heterocycles. The first-order chi connectivity index (χ1) is 46.0. The molecule has 0 saturated carbocycles. The number of phosphoric ester groups is 2. The first kappa shape index (κ1) is 93.1. The average Bonchev–Trinajstić information content (AvgIpc) is 2.37. The highest BCUT2D eigenvalue weighted by Gasteiger charge is 2.30. The summed E-state index contributed by atoms with van der Waals surface area (Å²) >= 11 is 0. The molecule has 95 heavy (non-hydrogen) atoms. The van der Waals surface area contributed by atoms with Gasteiger partial charge in [-0.05, 0) is 31.6 Å². The first-order valence-corrected chi connectivity index (χ1v) is 42.6. The predicted molar refractivity (Wildman–Crippen MR) is 386 cm³/mol. The van der Waals surface area contributed by atoms with Crippen molar-refractivity contribution in [2.45, 2.75) is 419 Å². The molecule has 0 aliphatic rings. The van der Waals surface area contributed by atoms with E-state index in [2.05, 4.69) is 34.6 Å². The molecule has 2 unspecified atom stereocenters. The zero-order valence-corrected chi connectivity index (χ0v) is 63.6. The number of rotatable bonds is 76. The van der Waals surface area contributed by atoms with E-state index in [1.807, 2.05) is 0 Å². The van der Waals surface area contributed by atoms with Crippen LogP contribution in [0.25, 0.3) is 0 Å². The zero-order chi connectivity index (χ0) is 69.8. The van der Waals surface area contributed by atoms with Crippen LogP contribution in [-0.4, -0.2) is 96.7 Å². The molecule has 0 aliphatic heterocycles. The maximum absolute atomic E-state index is 13.1. The second-order valence-electron chi connectivity index (χ2n) is 27.9. The summed E-state index contributed by atoms with van der Waals surface area (Å²) in [5, 5.41) is 10.6. The van der Waals surface area contributed by atoms with E-state index in [0.29, 0.717) is 25.7 Å². The predicted octanol–water partition coefficient (Wildman–Crippen LogP) is 22.5. The van der Waals surface area contributed by atoms with Gasteiger partial charge in [-0.2, -0.15) is 0 Å². The Balaban J connectivity index is 5.24. The molecule has 0 aromatic heterocycles. The number of aliphatic hydroxyl groups is 1. The summed E-state index contributed by atoms with van der Waals surface area (Å²) in [4.78, 5) is 72.8. The Kier molecular flexibility index (Phi) is 67.7. The molecule has 0 aliphatic carbocycles. The Morgan fingerprint density at radius 1 is 0.284 bits per heavy atom. The molecule has 0 fully saturated rings. The van der Waals surface area contributed by atoms with Gasteiger partial charge in [-0.25, -0.2) is 9.13 Å². The number of carbonyl (C=O) groups is 4. The number of phosphoric acid groups is 2. The molecule has 3 N–H and O–H groups in total. The highest BCUT2D eigenvalue weighted by atomic mass is 31.2. The fourth-order valence-corrected chi connectivity index (χ4v) is 13.3. The Bertz CT molecular complexity index is 1820. The smallest absolute Gasteiger partial charge is 0.462 e. The number of carbonyl (C=O) groups excluding carboxylic acids is 4. The molecule has 17 nitrogen and oxygen atoms in total. The fourth-order valence-electron chi connectivity index (χ4n) is 11.7. The van der Waals surface area contributed by atoms with Gasteiger partial charge in [0.25, 0.3) is 0 Å². The summed E-state index contributed by atoms with van der Waals surface area (Å²) in [6.07, 6.45) is 58.1. The van der Waals surface area contributed by atoms with Crippen LogP contribution in [0.5, 0.6) is 0 Å². The van der Waals surface area contributed by atoms with Gasteiger partial charge in [0.05, 0.1) is 26.4 Å². The minimum Gasteiger partial charge on any atom is -0.462 e. The van der Waals surface area contributed by atoms with Crippen LogP contribution < -0.4 is 0 Å². The van der Waals surface area contributed by atoms with Crippen LogP contribution in [0.4, 0.5) is 0 Å². The Morgan fingerprint density at radius 2 is 0.484 bits per heavy atom. The van der Waals surface area contributed by atoms with E-state index >= 15 is 0 Å². The van der Waals surface area contributed by atoms with E-state index < -0.39 is 97.5 Å². The van der Waals surface area contributed by atoms with Gasteiger partial charge in [0, 0.05) is 25.7 Å². The van der Waals surface area contributed by atoms with Crippen LogP contribution in [0, 0.1) is 5.92 Å². The summed E-state index contributed by atoms with van der Waals surface area (Å²) in [6.45, 7) is 7.31. The highest BCUT2D eigenvalue weighted by Crippen LogP contribution is 2.45. The van der Waals surface area contributed by atoms with Gasteiger partial charge in [0.2, 0.25) is 0 Å². The number of ether oxygens (including phenoxy) is 4. The van der Waals surface area contributed by atoms with E-state index in [9.17, 15) is 43.2 Å². The van der Waals surface area contributed by atoms with Gasteiger partial charge in [-0.1, -0.05) is 349 Å². The number of unbranched alkanes of at least 4 members (excludes halogenated alkanes) is 48. The standard InChI is InChI=1S/C76H148O17P2/c1-6-9-12-15-18-21-24-26-28-30-35-40-45-50-55-60-74(79)87-66-72(93-76(81)62-57-52-47-42-37-33-32-34-38-43-48-53-58-69(4)5)68-91-95(84,85)89-64-70(77)63-88-94(82,83)90-67-71(65-86-73(78)59-54-49-44-39-23-20-17-14-11-8-3)92-75(80)61-56-51-46-41-36-31-29-27-25-22-19-16-13-10-7-2/h69-72,77H,6-68H2,1-5H3,(H,82,83)(H,84,85)/t70-,71+,72+/m0/s1. The fraction of sp³-hybridized carbons (Fsp3) is 0.947. The van der Waals surface area contributed by atoms with Gasteiger partial charge in [0.1, 0.15) is 19.3 Å². The lowest BCUT2D eigenvalue weighted by atomic mass is 10.0. The Morgan fingerprint density at radius 3 is 0.716 bits per heavy atom. The van der Waals surface area contributed by atoms with E-state index in [-0.39, 0.29) is 25.7 Å². The minimum absolute atomic E-state index is 0.108. The second kappa shape index (κ2) is 69.2. The van der Waals surface area contributed by atoms with Gasteiger partial charge < -0.3 is 33.8 Å². The SMILES string of the molecule is CCCCCCCCCCCCCCCCCC(=O)OC[C@H](COP(=O)(O)OC[C@@H](O)COP(=O)(O)OC[C@@H](COC(=O)CCCCCCCCCCCC)OC(=O)CCCCCCCCCCCCCCCCC)OC(=O)CCCCCCCCCCCCCCC(C)C. The molecular weight excluding hydrogens is 1250 g/mol. The maximum atomic E-state index is 13.1. The molecule has 0 bridgehead atoms. The molecule has 0 spiro atoms. The summed E-state index contributed by atoms with van der Waals surface area (Å²) in [6, 6.07) is 0. The lowest BCUT2D eigenvalue weighted by molar-refractivity contribution is -0.161. The van der Waals surface area contributed by atoms with Crippen molar-refractivity contribution in [2.24, 2.45) is 5.92 Å². The van der Waals surface area contributed by atoms with Crippen LogP contribution in [-0.2, 0) is 65.4 Å². The number of hydrogen-bond donors (Lipinski definition) is 3. The van der Waals surface area contributed by atoms with E-state index in [1.54, 1.807) is 0 Å². The lowest BCUT2D eigenvalue weighted by Crippen LogP contribution is -2.30. The monoisotopic (exact) mass is 1400 g/mol. The molecular formula is C76H148O17P2. The van der Waals surface area contributed by atoms with Crippen LogP contribution >= 0.6 is 15.6 Å². The highest BCUT2D eigenvalue weighted by molar-refractivity contribution is 7.47. The van der Waals surface area contributed by atoms with Crippen LogP contribution in [0.1, 0.15) is 401 Å². The minimum atomic E-state index is -4.96. The molecule has 0 saturated heterocycles. The van der Waals surface area contributed by atoms with Crippen molar-refractivity contribution in [3.05, 3.63) is 0 Å². The molecule has 0 amide bonds. The summed E-state index contributed by atoms with van der Waals surface area (Å²) in [7, 11) is -9.91. The quantitative estimate of drug-likeness (QED) is 0.0222. The molecule has 5 atom stereocenters. The van der Waals surface area contributed by atoms with Crippen LogP contribution in [0.3, 0.4) is 0 Å². The third kappa shape index (κ3) is 70.3. The second-order valence-corrected chi connectivity index (χ2v) is 30.8. The summed E-state index contributed by atoms with van der Waals surface area (Å²) in [5.41, 5.74) is 0. The average molecular weight is 1400 g/mol. The first-order valence-electron chi connectivity index (χ1n) is 39.6. The molecule has 0 aromatic rings. The van der Waals surface area contributed by atoms with Crippen LogP contribution in [0.2, 0.25) is 0 Å². The van der Waals surface area contributed by atoms with Crippen molar-refractivity contribution in [3.8, 4) is 0 Å². The van der Waals surface area contributed by atoms with Gasteiger partial charge in [0.15, 0.2) is 12.2 Å². The van der Waals surface area contributed by atoms with Crippen molar-refractivity contribution in [1.29, 1.82) is 0 Å². The summed E-state index contributed by atoms with van der Waals surface area (Å²) in [5.74, 6) is -1.33. The van der Waals surface area contributed by atoms with Crippen molar-refractivity contribution in [1.82, 2.24) is 0 Å². The number of esters is 4. The Labute approximate surface area is 581 Å². The van der Waals surface area contributed by atoms with Crippen molar-refractivity contribution >= 4 is 39.5 Å². The largest absolute Gasteiger partial charge is 0.472 e. The normalized spacial score (nSPS) is 13.9. The third-order valence-corrected chi connectivity index (χ3v) is 19.7. The molecule has 0 radical (unpaired) electrons. The third-order valence-electron chi connectivity index (χ3n) is 17.8. The number of aliphatic hydroxyl groups excluding tert-OH is 1. The molecule has 19 heteroatoms. The van der Waals surface area contributed by atoms with Crippen molar-refractivity contribution < 1.29 is 80.2 Å². The van der Waals surface area contributed by atoms with E-state index in [0.717, 1.165) is 95.8 Å². The molecule has 0 aromatic carbocycles. The van der Waals surface area contributed by atoms with Gasteiger partial charge in [-0.3, -0.25) is 37.3 Å². The van der Waals surface area contributed by atoms with E-state index in [4.69, 9.17) is 37.0 Å². The lowest BCUT2D eigenvalue weighted by Gasteiger charge is -2.21. The zero-order valence-electron chi connectivity index (χ0n) is 61.8. The Hall–Kier alpha value is -1.94. The van der Waals surface area contributed by atoms with Gasteiger partial charge in [-0.15, -0.1) is 0 Å². The molecule has 0 rings (SSSR count). The van der Waals surface area contributed by atoms with Crippen LogP contribution in [0.15, 0.2) is 0 Å². The number of hydrogen-bond acceptors (Lipinski definition) is 15. The van der Waals surface area contributed by atoms with Crippen molar-refractivity contribution in [2.75, 3.05) is 39.6 Å². The topological polar surface area (TPSA) is 237 Å². The molecule has 564 valence electrons. The van der Waals surface area contributed by atoms with Crippen molar-refractivity contribution in [3.63, 3.8) is 0 Å². The van der Waals surface area contributed by atoms with E-state index in [1.165, 1.54) is 225 Å². The van der Waals surface area contributed by atoms with Gasteiger partial charge >= 0.3 is 39.5 Å². The maximum Gasteiger partial charge on any atom is 0.472 e. The summed E-state index contributed by atoms with van der Waals surface area (Å²) < 4.78 is 68.5.